The van der Waals surface area contributed by atoms with Crippen LogP contribution in [0, 0.1) is 41.0 Å². The van der Waals surface area contributed by atoms with Crippen LogP contribution in [0.15, 0.2) is 24.3 Å². The fraction of sp³-hybridized carbons (Fsp3) is 0.586. The van der Waals surface area contributed by atoms with Gasteiger partial charge in [0.05, 0.1) is 0 Å². The summed E-state index contributed by atoms with van der Waals surface area (Å²) in [6, 6.07) is 3.70. The summed E-state index contributed by atoms with van der Waals surface area (Å²) in [6.07, 6.45) is 6.06. The molecule has 0 saturated heterocycles. The van der Waals surface area contributed by atoms with E-state index in [1.54, 1.807) is 0 Å². The molecule has 0 heterocycles. The number of halogens is 7. The molecular weight excluding hydrogens is 497 g/mol. The molecule has 0 radical (unpaired) electrons. The van der Waals surface area contributed by atoms with E-state index in [0.29, 0.717) is 23.6 Å². The molecule has 2 saturated carbocycles. The summed E-state index contributed by atoms with van der Waals surface area (Å²) in [7, 11) is 0. The topological polar surface area (TPSA) is 9.23 Å². The molecule has 0 atom stereocenters. The Morgan fingerprint density at radius 1 is 0.784 bits per heavy atom. The molecule has 1 nitrogen and oxygen atoms in total. The van der Waals surface area contributed by atoms with Crippen LogP contribution in [-0.2, 0) is 12.8 Å². The van der Waals surface area contributed by atoms with E-state index in [-0.39, 0.29) is 11.5 Å². The Morgan fingerprint density at radius 3 is 1.89 bits per heavy atom. The highest BCUT2D eigenvalue weighted by Crippen LogP contribution is 2.45. The second kappa shape index (κ2) is 11.6. The van der Waals surface area contributed by atoms with Gasteiger partial charge in [0.2, 0.25) is 5.82 Å². The van der Waals surface area contributed by atoms with E-state index >= 15 is 0 Å². The SMILES string of the molecule is CCCC1CCC(C2CCC(c3ccc(OCc4cc(F)c(C(F)(F)F)c(F)c4)c(F)c3F)CC2)CC1. The fourth-order valence-electron chi connectivity index (χ4n) is 6.37. The lowest BCUT2D eigenvalue weighted by Crippen LogP contribution is -2.25. The normalized spacial score (nSPS) is 24.8. The van der Waals surface area contributed by atoms with Crippen molar-refractivity contribution >= 4 is 0 Å². The van der Waals surface area contributed by atoms with Crippen LogP contribution in [0.2, 0.25) is 0 Å². The van der Waals surface area contributed by atoms with Gasteiger partial charge >= 0.3 is 6.18 Å². The molecule has 2 fully saturated rings. The minimum atomic E-state index is -5.19. The fourth-order valence-corrected chi connectivity index (χ4v) is 6.37. The van der Waals surface area contributed by atoms with E-state index in [4.69, 9.17) is 4.74 Å². The Bertz CT molecular complexity index is 1040. The highest BCUT2D eigenvalue weighted by atomic mass is 19.4. The molecule has 0 aromatic heterocycles. The van der Waals surface area contributed by atoms with Crippen molar-refractivity contribution in [3.63, 3.8) is 0 Å². The van der Waals surface area contributed by atoms with Crippen LogP contribution in [0.5, 0.6) is 5.75 Å². The molecule has 2 aromatic rings. The molecule has 2 aromatic carbocycles. The van der Waals surface area contributed by atoms with Gasteiger partial charge in [-0.3, -0.25) is 0 Å². The van der Waals surface area contributed by atoms with Crippen LogP contribution in [0.3, 0.4) is 0 Å². The third kappa shape index (κ3) is 6.43. The first-order chi connectivity index (χ1) is 17.6. The highest BCUT2D eigenvalue weighted by molar-refractivity contribution is 5.34. The number of alkyl halides is 3. The maximum Gasteiger partial charge on any atom is 0.422 e. The molecule has 0 spiro atoms. The van der Waals surface area contributed by atoms with E-state index in [2.05, 4.69) is 6.92 Å². The number of ether oxygens (including phenoxy) is 1. The second-order valence-corrected chi connectivity index (χ2v) is 10.7. The minimum absolute atomic E-state index is 0.0886. The van der Waals surface area contributed by atoms with Crippen LogP contribution in [0.1, 0.15) is 93.7 Å². The Morgan fingerprint density at radius 2 is 1.35 bits per heavy atom. The van der Waals surface area contributed by atoms with Crippen molar-refractivity contribution in [1.29, 1.82) is 0 Å². The predicted molar refractivity (Wildman–Crippen MR) is 127 cm³/mol. The molecule has 0 unspecified atom stereocenters. The van der Waals surface area contributed by atoms with Crippen molar-refractivity contribution in [1.82, 2.24) is 0 Å². The minimum Gasteiger partial charge on any atom is -0.486 e. The molecule has 8 heteroatoms. The summed E-state index contributed by atoms with van der Waals surface area (Å²) < 4.78 is 101. The van der Waals surface area contributed by atoms with E-state index in [1.165, 1.54) is 50.7 Å². The summed E-state index contributed by atoms with van der Waals surface area (Å²) in [6.45, 7) is 1.61. The first kappa shape index (κ1) is 27.8. The van der Waals surface area contributed by atoms with Gasteiger partial charge in [0, 0.05) is 0 Å². The third-order valence-electron chi connectivity index (χ3n) is 8.32. The quantitative estimate of drug-likeness (QED) is 0.324. The Hall–Kier alpha value is -2.25. The molecule has 204 valence electrons. The summed E-state index contributed by atoms with van der Waals surface area (Å²) in [5, 5.41) is 0. The molecule has 0 amide bonds. The van der Waals surface area contributed by atoms with Gasteiger partial charge in [0.1, 0.15) is 23.8 Å². The van der Waals surface area contributed by atoms with Crippen LogP contribution >= 0.6 is 0 Å². The number of hydrogen-bond donors (Lipinski definition) is 0. The van der Waals surface area contributed by atoms with Crippen molar-refractivity contribution in [3.05, 3.63) is 64.2 Å². The van der Waals surface area contributed by atoms with Gasteiger partial charge in [-0.25, -0.2) is 13.2 Å². The van der Waals surface area contributed by atoms with E-state index in [0.717, 1.165) is 37.5 Å². The Labute approximate surface area is 213 Å². The number of hydrogen-bond acceptors (Lipinski definition) is 1. The van der Waals surface area contributed by atoms with Crippen molar-refractivity contribution in [2.45, 2.75) is 89.8 Å². The summed E-state index contributed by atoms with van der Waals surface area (Å²) in [4.78, 5) is 0. The van der Waals surface area contributed by atoms with Gasteiger partial charge in [-0.15, -0.1) is 0 Å². The molecular formula is C29H33F7O. The van der Waals surface area contributed by atoms with Gasteiger partial charge in [-0.05, 0) is 91.5 Å². The molecule has 2 aliphatic carbocycles. The van der Waals surface area contributed by atoms with Gasteiger partial charge in [-0.2, -0.15) is 17.6 Å². The second-order valence-electron chi connectivity index (χ2n) is 10.7. The van der Waals surface area contributed by atoms with Gasteiger partial charge in [0.15, 0.2) is 11.6 Å². The van der Waals surface area contributed by atoms with Gasteiger partial charge in [0.25, 0.3) is 0 Å². The lowest BCUT2D eigenvalue weighted by atomic mass is 9.68. The summed E-state index contributed by atoms with van der Waals surface area (Å²) >= 11 is 0. The van der Waals surface area contributed by atoms with E-state index in [9.17, 15) is 30.7 Å². The van der Waals surface area contributed by atoms with E-state index < -0.39 is 47.4 Å². The maximum atomic E-state index is 15.0. The van der Waals surface area contributed by atoms with Crippen LogP contribution in [-0.4, -0.2) is 0 Å². The Balaban J connectivity index is 1.35. The Kier molecular flexibility index (Phi) is 8.74. The first-order valence-electron chi connectivity index (χ1n) is 13.2. The zero-order valence-electron chi connectivity index (χ0n) is 21.0. The van der Waals surface area contributed by atoms with Crippen molar-refractivity contribution in [2.75, 3.05) is 0 Å². The zero-order chi connectivity index (χ0) is 26.7. The predicted octanol–water partition coefficient (Wildman–Crippen LogP) is 9.72. The summed E-state index contributed by atoms with van der Waals surface area (Å²) in [5.74, 6) is -4.13. The van der Waals surface area contributed by atoms with Crippen molar-refractivity contribution in [3.8, 4) is 5.75 Å². The number of benzene rings is 2. The lowest BCUT2D eigenvalue weighted by molar-refractivity contribution is -0.142. The van der Waals surface area contributed by atoms with Crippen LogP contribution in [0.25, 0.3) is 0 Å². The average Bonchev–Trinajstić information content (AvgIpc) is 2.84. The van der Waals surface area contributed by atoms with E-state index in [1.807, 2.05) is 0 Å². The average molecular weight is 531 g/mol. The highest BCUT2D eigenvalue weighted by Gasteiger charge is 2.38. The molecule has 2 aliphatic rings. The van der Waals surface area contributed by atoms with Crippen molar-refractivity contribution < 1.29 is 35.5 Å². The maximum absolute atomic E-state index is 15.0. The molecule has 4 rings (SSSR count). The molecule has 37 heavy (non-hydrogen) atoms. The van der Waals surface area contributed by atoms with Gasteiger partial charge < -0.3 is 4.74 Å². The first-order valence-corrected chi connectivity index (χ1v) is 13.2. The number of rotatable bonds is 7. The third-order valence-corrected chi connectivity index (χ3v) is 8.32. The standard InChI is InChI=1S/C29H33F7O/c1-2-3-17-4-6-19(7-5-17)20-8-10-21(11-9-20)22-12-13-25(28(33)27(22)32)37-16-18-14-23(30)26(24(31)15-18)29(34,35)36/h12-15,17,19-21H,2-11,16H2,1H3. The largest absolute Gasteiger partial charge is 0.486 e. The van der Waals surface area contributed by atoms with Crippen molar-refractivity contribution in [2.24, 2.45) is 17.8 Å². The lowest BCUT2D eigenvalue weighted by Gasteiger charge is -2.38. The van der Waals surface area contributed by atoms with Gasteiger partial charge in [-0.1, -0.05) is 38.7 Å². The van der Waals surface area contributed by atoms with Crippen LogP contribution < -0.4 is 4.74 Å². The zero-order valence-corrected chi connectivity index (χ0v) is 21.0. The van der Waals surface area contributed by atoms with Crippen LogP contribution in [0.4, 0.5) is 30.7 Å². The monoisotopic (exact) mass is 530 g/mol. The summed E-state index contributed by atoms with van der Waals surface area (Å²) in [5.41, 5.74) is -1.98. The smallest absolute Gasteiger partial charge is 0.422 e. The molecule has 0 aliphatic heterocycles. The molecule has 0 N–H and O–H groups in total. The molecule has 0 bridgehead atoms.